The third-order valence-corrected chi connectivity index (χ3v) is 2.82. The predicted molar refractivity (Wildman–Crippen MR) is 58.7 cm³/mol. The van der Waals surface area contributed by atoms with Gasteiger partial charge in [-0.05, 0) is 19.8 Å². The van der Waals surface area contributed by atoms with Gasteiger partial charge in [0.05, 0.1) is 12.1 Å². The van der Waals surface area contributed by atoms with Crippen LogP contribution in [0.15, 0.2) is 10.6 Å². The van der Waals surface area contributed by atoms with E-state index in [1.807, 2.05) is 11.8 Å². The van der Waals surface area contributed by atoms with E-state index >= 15 is 0 Å². The number of nitrogens with zero attached hydrogens (tertiary/aromatic N) is 2. The fourth-order valence-electron chi connectivity index (χ4n) is 2.00. The van der Waals surface area contributed by atoms with Crippen molar-refractivity contribution < 1.29 is 9.32 Å². The first-order valence-corrected chi connectivity index (χ1v) is 5.60. The molecule has 0 bridgehead atoms. The van der Waals surface area contributed by atoms with E-state index in [1.165, 1.54) is 0 Å². The first-order chi connectivity index (χ1) is 7.65. The highest BCUT2D eigenvalue weighted by Gasteiger charge is 2.21. The average Bonchev–Trinajstić information content (AvgIpc) is 2.64. The Morgan fingerprint density at radius 3 is 3.19 bits per heavy atom. The van der Waals surface area contributed by atoms with Crippen LogP contribution < -0.4 is 5.73 Å². The van der Waals surface area contributed by atoms with Gasteiger partial charge in [0.2, 0.25) is 5.91 Å². The van der Waals surface area contributed by atoms with E-state index < -0.39 is 0 Å². The summed E-state index contributed by atoms with van der Waals surface area (Å²) in [5, 5.41) is 3.82. The van der Waals surface area contributed by atoms with E-state index in [2.05, 4.69) is 5.16 Å². The Hall–Kier alpha value is -1.36. The maximum absolute atomic E-state index is 11.9. The molecule has 1 unspecified atom stereocenters. The van der Waals surface area contributed by atoms with E-state index in [-0.39, 0.29) is 11.9 Å². The van der Waals surface area contributed by atoms with Crippen LogP contribution in [0.3, 0.4) is 0 Å². The molecule has 1 aliphatic rings. The number of hydrogen-bond acceptors (Lipinski definition) is 4. The first-order valence-electron chi connectivity index (χ1n) is 5.60. The van der Waals surface area contributed by atoms with Crippen molar-refractivity contribution in [2.24, 2.45) is 5.73 Å². The van der Waals surface area contributed by atoms with Crippen molar-refractivity contribution in [1.82, 2.24) is 10.1 Å². The third kappa shape index (κ3) is 2.61. The standard InChI is InChI=1S/C11H17N3O2/c1-8-5-10(13-16-8)6-11(15)14-4-2-3-9(12)7-14/h5,9H,2-4,6-7,12H2,1H3. The number of aryl methyl sites for hydroxylation is 1. The van der Waals surface area contributed by atoms with Gasteiger partial charge >= 0.3 is 0 Å². The molecule has 1 amide bonds. The van der Waals surface area contributed by atoms with E-state index in [4.69, 9.17) is 10.3 Å². The summed E-state index contributed by atoms with van der Waals surface area (Å²) in [5.74, 6) is 0.821. The summed E-state index contributed by atoms with van der Waals surface area (Å²) < 4.78 is 4.93. The molecule has 16 heavy (non-hydrogen) atoms. The zero-order chi connectivity index (χ0) is 11.5. The van der Waals surface area contributed by atoms with Gasteiger partial charge in [-0.15, -0.1) is 0 Å². The van der Waals surface area contributed by atoms with Gasteiger partial charge < -0.3 is 15.2 Å². The fraction of sp³-hybridized carbons (Fsp3) is 0.636. The molecule has 0 aromatic carbocycles. The van der Waals surface area contributed by atoms with E-state index in [1.54, 1.807) is 6.07 Å². The maximum Gasteiger partial charge on any atom is 0.228 e. The number of amides is 1. The minimum Gasteiger partial charge on any atom is -0.361 e. The van der Waals surface area contributed by atoms with Crippen molar-refractivity contribution >= 4 is 5.91 Å². The van der Waals surface area contributed by atoms with Crippen LogP contribution in [0.4, 0.5) is 0 Å². The molecular formula is C11H17N3O2. The van der Waals surface area contributed by atoms with Crippen LogP contribution in [-0.2, 0) is 11.2 Å². The summed E-state index contributed by atoms with van der Waals surface area (Å²) in [6, 6.07) is 1.92. The lowest BCUT2D eigenvalue weighted by Gasteiger charge is -2.30. The average molecular weight is 223 g/mol. The van der Waals surface area contributed by atoms with Gasteiger partial charge in [0.25, 0.3) is 0 Å². The number of carbonyl (C=O) groups is 1. The SMILES string of the molecule is Cc1cc(CC(=O)N2CCCC(N)C2)no1. The van der Waals surface area contributed by atoms with Crippen LogP contribution in [0.2, 0.25) is 0 Å². The molecule has 1 saturated heterocycles. The summed E-state index contributed by atoms with van der Waals surface area (Å²) in [6.07, 6.45) is 2.31. The van der Waals surface area contributed by atoms with Crippen molar-refractivity contribution in [2.75, 3.05) is 13.1 Å². The molecule has 0 aliphatic carbocycles. The quantitative estimate of drug-likeness (QED) is 0.791. The van der Waals surface area contributed by atoms with Crippen molar-refractivity contribution in [2.45, 2.75) is 32.2 Å². The molecule has 2 rings (SSSR count). The van der Waals surface area contributed by atoms with Gasteiger partial charge in [0, 0.05) is 25.2 Å². The molecule has 0 spiro atoms. The summed E-state index contributed by atoms with van der Waals surface area (Å²) in [4.78, 5) is 13.7. The Morgan fingerprint density at radius 2 is 2.56 bits per heavy atom. The lowest BCUT2D eigenvalue weighted by molar-refractivity contribution is -0.131. The molecule has 1 aromatic heterocycles. The zero-order valence-electron chi connectivity index (χ0n) is 9.48. The van der Waals surface area contributed by atoms with Crippen LogP contribution in [0.5, 0.6) is 0 Å². The van der Waals surface area contributed by atoms with E-state index in [0.29, 0.717) is 18.7 Å². The lowest BCUT2D eigenvalue weighted by atomic mass is 10.1. The summed E-state index contributed by atoms with van der Waals surface area (Å²) in [5.41, 5.74) is 6.53. The highest BCUT2D eigenvalue weighted by Crippen LogP contribution is 2.11. The molecule has 0 radical (unpaired) electrons. The molecule has 1 atom stereocenters. The molecule has 1 aliphatic heterocycles. The molecule has 2 N–H and O–H groups in total. The van der Waals surface area contributed by atoms with Crippen LogP contribution in [0.1, 0.15) is 24.3 Å². The van der Waals surface area contributed by atoms with Crippen LogP contribution in [-0.4, -0.2) is 35.1 Å². The Kier molecular flexibility index (Phi) is 3.24. The molecular weight excluding hydrogens is 206 g/mol. The van der Waals surface area contributed by atoms with Gasteiger partial charge in [0.1, 0.15) is 5.76 Å². The second-order valence-electron chi connectivity index (χ2n) is 4.35. The molecule has 2 heterocycles. The second kappa shape index (κ2) is 4.65. The summed E-state index contributed by atoms with van der Waals surface area (Å²) >= 11 is 0. The Bertz CT molecular complexity index is 375. The van der Waals surface area contributed by atoms with Gasteiger partial charge in [-0.2, -0.15) is 0 Å². The number of nitrogens with two attached hydrogens (primary N) is 1. The van der Waals surface area contributed by atoms with Crippen LogP contribution in [0.25, 0.3) is 0 Å². The molecule has 1 aromatic rings. The number of rotatable bonds is 2. The highest BCUT2D eigenvalue weighted by molar-refractivity contribution is 5.78. The van der Waals surface area contributed by atoms with Gasteiger partial charge in [-0.1, -0.05) is 5.16 Å². The van der Waals surface area contributed by atoms with Crippen molar-refractivity contribution in [1.29, 1.82) is 0 Å². The summed E-state index contributed by atoms with van der Waals surface area (Å²) in [7, 11) is 0. The Morgan fingerprint density at radius 1 is 1.75 bits per heavy atom. The predicted octanol–water partition coefficient (Wildman–Crippen LogP) is 0.475. The lowest BCUT2D eigenvalue weighted by Crippen LogP contribution is -2.46. The Labute approximate surface area is 94.6 Å². The van der Waals surface area contributed by atoms with E-state index in [0.717, 1.165) is 25.1 Å². The molecule has 0 saturated carbocycles. The number of aromatic nitrogens is 1. The molecule has 88 valence electrons. The van der Waals surface area contributed by atoms with E-state index in [9.17, 15) is 4.79 Å². The number of piperidine rings is 1. The smallest absolute Gasteiger partial charge is 0.228 e. The monoisotopic (exact) mass is 223 g/mol. The second-order valence-corrected chi connectivity index (χ2v) is 4.35. The van der Waals surface area contributed by atoms with Gasteiger partial charge in [-0.25, -0.2) is 0 Å². The molecule has 1 fully saturated rings. The van der Waals surface area contributed by atoms with Crippen molar-refractivity contribution in [3.05, 3.63) is 17.5 Å². The normalized spacial score (nSPS) is 21.1. The minimum atomic E-state index is 0.0865. The van der Waals surface area contributed by atoms with Crippen molar-refractivity contribution in [3.8, 4) is 0 Å². The molecule has 5 heteroatoms. The zero-order valence-corrected chi connectivity index (χ0v) is 9.48. The number of hydrogen-bond donors (Lipinski definition) is 1. The topological polar surface area (TPSA) is 72.4 Å². The van der Waals surface area contributed by atoms with Crippen LogP contribution >= 0.6 is 0 Å². The highest BCUT2D eigenvalue weighted by atomic mass is 16.5. The Balaban J connectivity index is 1.92. The number of carbonyl (C=O) groups excluding carboxylic acids is 1. The first kappa shape index (κ1) is 11.1. The van der Waals surface area contributed by atoms with Crippen LogP contribution in [0, 0.1) is 6.92 Å². The largest absolute Gasteiger partial charge is 0.361 e. The van der Waals surface area contributed by atoms with Crippen molar-refractivity contribution in [3.63, 3.8) is 0 Å². The van der Waals surface area contributed by atoms with Gasteiger partial charge in [0.15, 0.2) is 0 Å². The maximum atomic E-state index is 11.9. The summed E-state index contributed by atoms with van der Waals surface area (Å²) in [6.45, 7) is 3.29. The molecule has 5 nitrogen and oxygen atoms in total. The fourth-order valence-corrected chi connectivity index (χ4v) is 2.00. The number of likely N-dealkylation sites (tertiary alicyclic amines) is 1. The third-order valence-electron chi connectivity index (χ3n) is 2.82. The minimum absolute atomic E-state index is 0.0865. The van der Waals surface area contributed by atoms with Gasteiger partial charge in [-0.3, -0.25) is 4.79 Å².